The van der Waals surface area contributed by atoms with Crippen molar-refractivity contribution >= 4 is 21.4 Å². The van der Waals surface area contributed by atoms with E-state index in [4.69, 9.17) is 4.74 Å². The van der Waals surface area contributed by atoms with Gasteiger partial charge in [-0.15, -0.1) is 5.10 Å². The van der Waals surface area contributed by atoms with Crippen molar-refractivity contribution in [1.29, 1.82) is 0 Å². The number of fused-ring (bicyclic) bond motifs is 1. The lowest BCUT2D eigenvalue weighted by molar-refractivity contribution is 0.460. The van der Waals surface area contributed by atoms with Crippen molar-refractivity contribution in [2.24, 2.45) is 0 Å². The first-order valence-corrected chi connectivity index (χ1v) is 9.67. The van der Waals surface area contributed by atoms with E-state index in [2.05, 4.69) is 41.2 Å². The molecule has 8 heteroatoms. The minimum atomic E-state index is -0.303. The highest BCUT2D eigenvalue weighted by Gasteiger charge is 2.19. The molecular formula is C20H20FN5OS. The number of anilines is 1. The second-order valence-electron chi connectivity index (χ2n) is 7.42. The summed E-state index contributed by atoms with van der Waals surface area (Å²) in [5, 5.41) is 8.64. The van der Waals surface area contributed by atoms with E-state index in [1.165, 1.54) is 23.5 Å². The molecule has 3 aromatic heterocycles. The van der Waals surface area contributed by atoms with Gasteiger partial charge in [0, 0.05) is 24.2 Å². The van der Waals surface area contributed by atoms with Gasteiger partial charge in [0.15, 0.2) is 0 Å². The van der Waals surface area contributed by atoms with E-state index in [0.29, 0.717) is 18.2 Å². The molecule has 4 rings (SSSR count). The third kappa shape index (κ3) is 4.12. The number of ether oxygens (including phenoxy) is 1. The molecule has 28 heavy (non-hydrogen) atoms. The Morgan fingerprint density at radius 2 is 1.96 bits per heavy atom. The van der Waals surface area contributed by atoms with E-state index >= 15 is 0 Å². The Morgan fingerprint density at radius 1 is 1.18 bits per heavy atom. The van der Waals surface area contributed by atoms with Crippen LogP contribution in [-0.4, -0.2) is 19.6 Å². The van der Waals surface area contributed by atoms with Crippen molar-refractivity contribution in [2.75, 3.05) is 5.32 Å². The van der Waals surface area contributed by atoms with Gasteiger partial charge in [-0.3, -0.25) is 0 Å². The van der Waals surface area contributed by atoms with Gasteiger partial charge in [0.05, 0.1) is 11.9 Å². The molecule has 0 saturated carbocycles. The topological polar surface area (TPSA) is 64.3 Å². The molecule has 0 aliphatic carbocycles. The zero-order chi connectivity index (χ0) is 19.7. The Balaban J connectivity index is 1.42. The molecule has 6 nitrogen and oxygen atoms in total. The number of nitrogens with zero attached hydrogens (tertiary/aromatic N) is 4. The van der Waals surface area contributed by atoms with Crippen molar-refractivity contribution in [3.8, 4) is 11.6 Å². The lowest BCUT2D eigenvalue weighted by Crippen LogP contribution is -2.11. The summed E-state index contributed by atoms with van der Waals surface area (Å²) in [7, 11) is 0. The van der Waals surface area contributed by atoms with Crippen LogP contribution in [0.4, 0.5) is 9.52 Å². The molecule has 1 aromatic carbocycles. The lowest BCUT2D eigenvalue weighted by atomic mass is 9.93. The van der Waals surface area contributed by atoms with Crippen LogP contribution in [0, 0.1) is 5.82 Å². The van der Waals surface area contributed by atoms with Crippen LogP contribution in [0.2, 0.25) is 0 Å². The number of rotatable bonds is 5. The number of pyridine rings is 1. The van der Waals surface area contributed by atoms with Crippen LogP contribution < -0.4 is 10.1 Å². The summed E-state index contributed by atoms with van der Waals surface area (Å²) in [5.74, 6) is 0.687. The first kappa shape index (κ1) is 18.4. The summed E-state index contributed by atoms with van der Waals surface area (Å²) in [5.41, 5.74) is 2.02. The van der Waals surface area contributed by atoms with Gasteiger partial charge in [0.1, 0.15) is 11.6 Å². The Kier molecular flexibility index (Phi) is 4.72. The number of nitrogens with one attached hydrogen (secondary N) is 1. The normalized spacial score (nSPS) is 11.7. The minimum absolute atomic E-state index is 0.00102. The Bertz CT molecular complexity index is 1070. The summed E-state index contributed by atoms with van der Waals surface area (Å²) in [6.45, 7) is 6.97. The largest absolute Gasteiger partial charge is 0.439 e. The van der Waals surface area contributed by atoms with Gasteiger partial charge >= 0.3 is 0 Å². The zero-order valence-corrected chi connectivity index (χ0v) is 16.6. The lowest BCUT2D eigenvalue weighted by Gasteiger charge is -2.13. The van der Waals surface area contributed by atoms with Crippen molar-refractivity contribution < 1.29 is 9.13 Å². The highest BCUT2D eigenvalue weighted by molar-refractivity contribution is 7.20. The molecule has 0 bridgehead atoms. The van der Waals surface area contributed by atoms with E-state index in [1.54, 1.807) is 18.3 Å². The fraction of sp³-hybridized carbons (Fsp3) is 0.250. The van der Waals surface area contributed by atoms with Crippen LogP contribution >= 0.6 is 11.3 Å². The van der Waals surface area contributed by atoms with Gasteiger partial charge in [0.2, 0.25) is 16.0 Å². The molecule has 0 aliphatic rings. The minimum Gasteiger partial charge on any atom is -0.439 e. The number of benzene rings is 1. The molecule has 0 fully saturated rings. The van der Waals surface area contributed by atoms with Crippen molar-refractivity contribution in [1.82, 2.24) is 19.6 Å². The van der Waals surface area contributed by atoms with Gasteiger partial charge < -0.3 is 10.1 Å². The number of hydrogen-bond acceptors (Lipinski definition) is 6. The van der Waals surface area contributed by atoms with Crippen LogP contribution in [0.3, 0.4) is 0 Å². The van der Waals surface area contributed by atoms with Crippen LogP contribution in [0.1, 0.15) is 32.0 Å². The summed E-state index contributed by atoms with van der Waals surface area (Å²) in [6, 6.07) is 9.58. The summed E-state index contributed by atoms with van der Waals surface area (Å²) in [4.78, 5) is 9.71. The Morgan fingerprint density at radius 3 is 2.68 bits per heavy atom. The maximum absolute atomic E-state index is 13.0. The third-order valence-electron chi connectivity index (χ3n) is 4.09. The van der Waals surface area contributed by atoms with E-state index < -0.39 is 0 Å². The van der Waals surface area contributed by atoms with Gasteiger partial charge in [0.25, 0.3) is 0 Å². The van der Waals surface area contributed by atoms with Crippen molar-refractivity contribution in [2.45, 2.75) is 32.7 Å². The highest BCUT2D eigenvalue weighted by Crippen LogP contribution is 2.26. The average molecular weight is 397 g/mol. The molecular weight excluding hydrogens is 377 g/mol. The van der Waals surface area contributed by atoms with E-state index in [-0.39, 0.29) is 11.2 Å². The highest BCUT2D eigenvalue weighted by atomic mass is 32.1. The monoisotopic (exact) mass is 397 g/mol. The maximum Gasteiger partial charge on any atom is 0.219 e. The van der Waals surface area contributed by atoms with Crippen LogP contribution in [0.25, 0.3) is 4.96 Å². The zero-order valence-electron chi connectivity index (χ0n) is 15.8. The van der Waals surface area contributed by atoms with Gasteiger partial charge in [-0.1, -0.05) is 32.1 Å². The maximum atomic E-state index is 13.0. The first-order valence-electron chi connectivity index (χ1n) is 8.86. The standard InChI is InChI=1S/C20H20FN5OS/c1-20(2,3)16-12-26-19(24-16)28-18(25-26)23-11-13-8-9-22-17(10-13)27-15-6-4-14(21)5-7-15/h4-10,12H,11H2,1-3H3,(H,23,25). The van der Waals surface area contributed by atoms with Crippen molar-refractivity contribution in [3.63, 3.8) is 0 Å². The second-order valence-corrected chi connectivity index (χ2v) is 8.38. The molecule has 0 saturated heterocycles. The number of aromatic nitrogens is 4. The second kappa shape index (κ2) is 7.20. The fourth-order valence-corrected chi connectivity index (χ4v) is 3.33. The van der Waals surface area contributed by atoms with Crippen molar-refractivity contribution in [3.05, 3.63) is 65.9 Å². The van der Waals surface area contributed by atoms with E-state index in [0.717, 1.165) is 21.3 Å². The summed E-state index contributed by atoms with van der Waals surface area (Å²) >= 11 is 1.51. The number of halogens is 1. The number of imidazole rings is 1. The fourth-order valence-electron chi connectivity index (χ4n) is 2.55. The molecule has 4 aromatic rings. The quantitative estimate of drug-likeness (QED) is 0.512. The molecule has 0 radical (unpaired) electrons. The molecule has 0 unspecified atom stereocenters. The first-order chi connectivity index (χ1) is 13.4. The van der Waals surface area contributed by atoms with Crippen LogP contribution in [0.15, 0.2) is 48.8 Å². The van der Waals surface area contributed by atoms with Crippen LogP contribution in [-0.2, 0) is 12.0 Å². The van der Waals surface area contributed by atoms with E-state index in [1.807, 2.05) is 22.8 Å². The van der Waals surface area contributed by atoms with E-state index in [9.17, 15) is 4.39 Å². The molecule has 0 amide bonds. The van der Waals surface area contributed by atoms with Crippen LogP contribution in [0.5, 0.6) is 11.6 Å². The Labute approximate surface area is 166 Å². The van der Waals surface area contributed by atoms with Gasteiger partial charge in [-0.2, -0.15) is 0 Å². The molecule has 0 aliphatic heterocycles. The molecule has 144 valence electrons. The SMILES string of the molecule is CC(C)(C)c1cn2nc(NCc3ccnc(Oc4ccc(F)cc4)c3)sc2n1. The Hall–Kier alpha value is -3.00. The predicted octanol–water partition coefficient (Wildman–Crippen LogP) is 5.03. The van der Waals surface area contributed by atoms with Gasteiger partial charge in [-0.05, 0) is 35.9 Å². The summed E-state index contributed by atoms with van der Waals surface area (Å²) in [6.07, 6.45) is 3.65. The predicted molar refractivity (Wildman–Crippen MR) is 108 cm³/mol. The van der Waals surface area contributed by atoms with Gasteiger partial charge in [-0.25, -0.2) is 18.9 Å². The smallest absolute Gasteiger partial charge is 0.219 e. The summed E-state index contributed by atoms with van der Waals surface area (Å²) < 4.78 is 20.5. The number of hydrogen-bond donors (Lipinski definition) is 1. The molecule has 0 atom stereocenters. The average Bonchev–Trinajstić information content (AvgIpc) is 3.21. The molecule has 1 N–H and O–H groups in total. The molecule has 0 spiro atoms. The third-order valence-corrected chi connectivity index (χ3v) is 4.97. The molecule has 3 heterocycles.